The third kappa shape index (κ3) is 3.02. The maximum atomic E-state index is 11.9. The summed E-state index contributed by atoms with van der Waals surface area (Å²) in [5.41, 5.74) is 1.74. The average Bonchev–Trinajstić information content (AvgIpc) is 2.90. The minimum atomic E-state index is -0.362. The first-order valence-corrected chi connectivity index (χ1v) is 6.53. The maximum absolute atomic E-state index is 11.9. The lowest BCUT2D eigenvalue weighted by atomic mass is 10.3. The summed E-state index contributed by atoms with van der Waals surface area (Å²) in [4.78, 5) is 19.3. The predicted molar refractivity (Wildman–Crippen MR) is 78.4 cm³/mol. The Morgan fingerprint density at radius 3 is 2.52 bits per heavy atom. The zero-order chi connectivity index (χ0) is 14.7. The molecule has 0 radical (unpaired) electrons. The standard InChI is InChI=1S/C16H14N2O3/c1-20-11-6-8-12(9-7-11)21-16(19)10-15-17-13-4-2-3-5-14(13)18-15/h2-9H,10H2,1H3,(H,17,18). The summed E-state index contributed by atoms with van der Waals surface area (Å²) in [5.74, 6) is 1.43. The number of ether oxygens (including phenoxy) is 2. The van der Waals surface area contributed by atoms with Crippen molar-refractivity contribution in [3.05, 3.63) is 54.4 Å². The van der Waals surface area contributed by atoms with Crippen molar-refractivity contribution in [2.24, 2.45) is 0 Å². The van der Waals surface area contributed by atoms with E-state index in [0.717, 1.165) is 11.0 Å². The Kier molecular flexibility index (Phi) is 3.55. The molecule has 0 atom stereocenters. The van der Waals surface area contributed by atoms with Crippen molar-refractivity contribution in [1.82, 2.24) is 9.97 Å². The van der Waals surface area contributed by atoms with E-state index in [9.17, 15) is 4.79 Å². The molecule has 3 aromatic rings. The smallest absolute Gasteiger partial charge is 0.318 e. The van der Waals surface area contributed by atoms with Gasteiger partial charge in [-0.25, -0.2) is 4.98 Å². The van der Waals surface area contributed by atoms with Crippen molar-refractivity contribution in [1.29, 1.82) is 0 Å². The quantitative estimate of drug-likeness (QED) is 0.590. The topological polar surface area (TPSA) is 64.2 Å². The number of hydrogen-bond donors (Lipinski definition) is 1. The van der Waals surface area contributed by atoms with E-state index in [0.29, 0.717) is 17.3 Å². The Morgan fingerprint density at radius 1 is 1.10 bits per heavy atom. The van der Waals surface area contributed by atoms with Crippen LogP contribution < -0.4 is 9.47 Å². The summed E-state index contributed by atoms with van der Waals surface area (Å²) in [6, 6.07) is 14.5. The Balaban J connectivity index is 1.67. The fourth-order valence-corrected chi connectivity index (χ4v) is 2.04. The number of benzene rings is 2. The minimum absolute atomic E-state index is 0.0979. The van der Waals surface area contributed by atoms with Crippen molar-refractivity contribution >= 4 is 17.0 Å². The van der Waals surface area contributed by atoms with Crippen LogP contribution in [0.5, 0.6) is 11.5 Å². The van der Waals surface area contributed by atoms with Crippen LogP contribution in [-0.2, 0) is 11.2 Å². The van der Waals surface area contributed by atoms with Gasteiger partial charge in [-0.3, -0.25) is 4.79 Å². The van der Waals surface area contributed by atoms with Gasteiger partial charge in [-0.15, -0.1) is 0 Å². The largest absolute Gasteiger partial charge is 0.497 e. The molecule has 0 fully saturated rings. The van der Waals surface area contributed by atoms with Crippen molar-refractivity contribution in [3.8, 4) is 11.5 Å². The molecule has 3 rings (SSSR count). The van der Waals surface area contributed by atoms with E-state index in [2.05, 4.69) is 9.97 Å². The molecule has 5 nitrogen and oxygen atoms in total. The van der Waals surface area contributed by atoms with Gasteiger partial charge in [-0.2, -0.15) is 0 Å². The minimum Gasteiger partial charge on any atom is -0.497 e. The molecule has 1 heterocycles. The number of nitrogens with zero attached hydrogens (tertiary/aromatic N) is 1. The summed E-state index contributed by atoms with van der Waals surface area (Å²) < 4.78 is 10.3. The first-order chi connectivity index (χ1) is 10.2. The molecular formula is C16H14N2O3. The summed E-state index contributed by atoms with van der Waals surface area (Å²) in [7, 11) is 1.59. The molecule has 2 aromatic carbocycles. The van der Waals surface area contributed by atoms with Crippen molar-refractivity contribution in [3.63, 3.8) is 0 Å². The summed E-state index contributed by atoms with van der Waals surface area (Å²) >= 11 is 0. The molecule has 1 N–H and O–H groups in total. The van der Waals surface area contributed by atoms with Crippen LogP contribution in [-0.4, -0.2) is 23.0 Å². The highest BCUT2D eigenvalue weighted by Crippen LogP contribution is 2.18. The van der Waals surface area contributed by atoms with Gasteiger partial charge in [-0.1, -0.05) is 12.1 Å². The third-order valence-electron chi connectivity index (χ3n) is 3.04. The first kappa shape index (κ1) is 13.2. The number of esters is 1. The summed E-state index contributed by atoms with van der Waals surface area (Å²) in [5, 5.41) is 0. The zero-order valence-corrected chi connectivity index (χ0v) is 11.5. The average molecular weight is 282 g/mol. The highest BCUT2D eigenvalue weighted by molar-refractivity contribution is 5.78. The Bertz CT molecular complexity index is 730. The molecule has 106 valence electrons. The number of carbonyl (C=O) groups excluding carboxylic acids is 1. The summed E-state index contributed by atoms with van der Waals surface area (Å²) in [6.07, 6.45) is 0.0979. The Morgan fingerprint density at radius 2 is 1.81 bits per heavy atom. The molecule has 0 aliphatic carbocycles. The fraction of sp³-hybridized carbons (Fsp3) is 0.125. The van der Waals surface area contributed by atoms with Crippen LogP contribution in [0.15, 0.2) is 48.5 Å². The monoisotopic (exact) mass is 282 g/mol. The van der Waals surface area contributed by atoms with Crippen LogP contribution >= 0.6 is 0 Å². The second-order valence-electron chi connectivity index (χ2n) is 4.53. The molecule has 0 amide bonds. The second-order valence-corrected chi connectivity index (χ2v) is 4.53. The second kappa shape index (κ2) is 5.66. The predicted octanol–water partition coefficient (Wildman–Crippen LogP) is 2.72. The van der Waals surface area contributed by atoms with Gasteiger partial charge < -0.3 is 14.5 Å². The first-order valence-electron chi connectivity index (χ1n) is 6.53. The third-order valence-corrected chi connectivity index (χ3v) is 3.04. The molecule has 0 aliphatic heterocycles. The van der Waals surface area contributed by atoms with Gasteiger partial charge in [0.25, 0.3) is 0 Å². The molecule has 5 heteroatoms. The van der Waals surface area contributed by atoms with Gasteiger partial charge in [0.15, 0.2) is 0 Å². The SMILES string of the molecule is COc1ccc(OC(=O)Cc2nc3ccccc3[nH]2)cc1. The lowest BCUT2D eigenvalue weighted by molar-refractivity contribution is -0.133. The van der Waals surface area contributed by atoms with Gasteiger partial charge in [-0.05, 0) is 36.4 Å². The van der Waals surface area contributed by atoms with Crippen LogP contribution in [0.1, 0.15) is 5.82 Å². The number of aromatic amines is 1. The molecule has 0 bridgehead atoms. The van der Waals surface area contributed by atoms with Crippen LogP contribution in [0.2, 0.25) is 0 Å². The number of methoxy groups -OCH3 is 1. The number of nitrogens with one attached hydrogen (secondary N) is 1. The number of hydrogen-bond acceptors (Lipinski definition) is 4. The fourth-order valence-electron chi connectivity index (χ4n) is 2.04. The lowest BCUT2D eigenvalue weighted by Gasteiger charge is -2.04. The number of H-pyrrole nitrogens is 1. The van der Waals surface area contributed by atoms with Crippen molar-refractivity contribution in [2.75, 3.05) is 7.11 Å². The molecular weight excluding hydrogens is 268 g/mol. The van der Waals surface area contributed by atoms with E-state index in [1.165, 1.54) is 0 Å². The number of aromatic nitrogens is 2. The highest BCUT2D eigenvalue weighted by atomic mass is 16.5. The molecule has 0 saturated heterocycles. The highest BCUT2D eigenvalue weighted by Gasteiger charge is 2.10. The number of para-hydroxylation sites is 2. The number of fused-ring (bicyclic) bond motifs is 1. The number of carbonyl (C=O) groups is 1. The van der Waals surface area contributed by atoms with E-state index in [1.54, 1.807) is 31.4 Å². The Hall–Kier alpha value is -2.82. The van der Waals surface area contributed by atoms with Gasteiger partial charge in [0.1, 0.15) is 23.7 Å². The van der Waals surface area contributed by atoms with Crippen molar-refractivity contribution < 1.29 is 14.3 Å². The van der Waals surface area contributed by atoms with Gasteiger partial charge in [0.05, 0.1) is 18.1 Å². The van der Waals surface area contributed by atoms with E-state index < -0.39 is 0 Å². The number of imidazole rings is 1. The maximum Gasteiger partial charge on any atom is 0.318 e. The summed E-state index contributed by atoms with van der Waals surface area (Å²) in [6.45, 7) is 0. The molecule has 0 spiro atoms. The van der Waals surface area contributed by atoms with E-state index in [1.807, 2.05) is 24.3 Å². The molecule has 0 saturated carbocycles. The van der Waals surface area contributed by atoms with Crippen LogP contribution in [0.25, 0.3) is 11.0 Å². The molecule has 0 unspecified atom stereocenters. The van der Waals surface area contributed by atoms with E-state index in [4.69, 9.17) is 9.47 Å². The Labute approximate surface area is 121 Å². The zero-order valence-electron chi connectivity index (χ0n) is 11.5. The van der Waals surface area contributed by atoms with Crippen LogP contribution in [0.3, 0.4) is 0 Å². The molecule has 1 aromatic heterocycles. The number of rotatable bonds is 4. The van der Waals surface area contributed by atoms with Crippen molar-refractivity contribution in [2.45, 2.75) is 6.42 Å². The van der Waals surface area contributed by atoms with Crippen LogP contribution in [0.4, 0.5) is 0 Å². The molecule has 21 heavy (non-hydrogen) atoms. The van der Waals surface area contributed by atoms with Gasteiger partial charge in [0.2, 0.25) is 0 Å². The lowest BCUT2D eigenvalue weighted by Crippen LogP contribution is -2.12. The van der Waals surface area contributed by atoms with Gasteiger partial charge >= 0.3 is 5.97 Å². The normalized spacial score (nSPS) is 10.5. The van der Waals surface area contributed by atoms with Gasteiger partial charge in [0, 0.05) is 0 Å². The van der Waals surface area contributed by atoms with E-state index in [-0.39, 0.29) is 12.4 Å². The van der Waals surface area contributed by atoms with Crippen LogP contribution in [0, 0.1) is 0 Å². The van der Waals surface area contributed by atoms with E-state index >= 15 is 0 Å². The molecule has 0 aliphatic rings.